The molecule has 0 spiro atoms. The number of phenolic OH excluding ortho intramolecular Hbond substituents is 7. The van der Waals surface area contributed by atoms with Gasteiger partial charge in [0.1, 0.15) is 5.75 Å². The van der Waals surface area contributed by atoms with E-state index in [0.29, 0.717) is 5.56 Å². The van der Waals surface area contributed by atoms with Crippen LogP contribution in [0, 0.1) is 0 Å². The zero-order valence-corrected chi connectivity index (χ0v) is 11.5. The Hall–Kier alpha value is -3.48. The van der Waals surface area contributed by atoms with Gasteiger partial charge < -0.3 is 35.7 Å². The largest absolute Gasteiger partial charge is 0.507 e. The molecule has 0 atom stereocenters. The molecule has 7 nitrogen and oxygen atoms in total. The fourth-order valence-corrected chi connectivity index (χ4v) is 2.46. The van der Waals surface area contributed by atoms with Gasteiger partial charge in [-0.3, -0.25) is 0 Å². The van der Waals surface area contributed by atoms with Gasteiger partial charge in [-0.25, -0.2) is 0 Å². The van der Waals surface area contributed by atoms with Crippen molar-refractivity contribution in [3.05, 3.63) is 30.3 Å². The van der Waals surface area contributed by atoms with Crippen molar-refractivity contribution in [3.63, 3.8) is 0 Å². The van der Waals surface area contributed by atoms with Crippen molar-refractivity contribution in [3.8, 4) is 51.4 Å². The van der Waals surface area contributed by atoms with Gasteiger partial charge in [0.15, 0.2) is 28.7 Å². The number of benzene rings is 3. The van der Waals surface area contributed by atoms with Gasteiger partial charge in [-0.2, -0.15) is 0 Å². The standard InChI is InChI=1S/C16H12O7/c17-9-2-1-7(6-3-10(18)14(21)11(19)4-6)8-5-12(20)15(22)16(23)13(8)9/h1-5,17-23H. The summed E-state index contributed by atoms with van der Waals surface area (Å²) in [6.45, 7) is 0. The Kier molecular flexibility index (Phi) is 3.00. The minimum absolute atomic E-state index is 0.107. The second-order valence-corrected chi connectivity index (χ2v) is 5.01. The van der Waals surface area contributed by atoms with E-state index in [1.54, 1.807) is 0 Å². The highest BCUT2D eigenvalue weighted by atomic mass is 16.3. The van der Waals surface area contributed by atoms with Crippen molar-refractivity contribution < 1.29 is 35.7 Å². The van der Waals surface area contributed by atoms with Gasteiger partial charge >= 0.3 is 0 Å². The Balaban J connectivity index is 2.42. The van der Waals surface area contributed by atoms with Crippen molar-refractivity contribution in [2.24, 2.45) is 0 Å². The van der Waals surface area contributed by atoms with E-state index in [1.165, 1.54) is 24.3 Å². The van der Waals surface area contributed by atoms with Gasteiger partial charge in [-0.1, -0.05) is 6.07 Å². The lowest BCUT2D eigenvalue weighted by molar-refractivity contribution is 0.368. The first-order valence-electron chi connectivity index (χ1n) is 6.46. The molecule has 0 radical (unpaired) electrons. The molecule has 0 fully saturated rings. The molecule has 0 saturated heterocycles. The molecule has 23 heavy (non-hydrogen) atoms. The summed E-state index contributed by atoms with van der Waals surface area (Å²) in [6, 6.07) is 6.14. The molecule has 7 heteroatoms. The lowest BCUT2D eigenvalue weighted by Gasteiger charge is -2.13. The number of rotatable bonds is 1. The molecule has 0 unspecified atom stereocenters. The normalized spacial score (nSPS) is 11.0. The topological polar surface area (TPSA) is 142 Å². The average molecular weight is 316 g/mol. The van der Waals surface area contributed by atoms with Gasteiger partial charge in [0.2, 0.25) is 5.75 Å². The first kappa shape index (κ1) is 14.5. The van der Waals surface area contributed by atoms with Crippen molar-refractivity contribution in [2.45, 2.75) is 0 Å². The van der Waals surface area contributed by atoms with Crippen molar-refractivity contribution in [1.29, 1.82) is 0 Å². The number of fused-ring (bicyclic) bond motifs is 1. The van der Waals surface area contributed by atoms with Gasteiger partial charge in [0.05, 0.1) is 5.39 Å². The summed E-state index contributed by atoms with van der Waals surface area (Å²) >= 11 is 0. The second kappa shape index (κ2) is 4.77. The van der Waals surface area contributed by atoms with Crippen LogP contribution in [-0.4, -0.2) is 35.7 Å². The van der Waals surface area contributed by atoms with Crippen LogP contribution in [0.5, 0.6) is 40.2 Å². The van der Waals surface area contributed by atoms with E-state index in [2.05, 4.69) is 0 Å². The minimum Gasteiger partial charge on any atom is -0.507 e. The molecule has 0 aromatic heterocycles. The van der Waals surface area contributed by atoms with E-state index in [-0.39, 0.29) is 22.1 Å². The molecular formula is C16H12O7. The maximum atomic E-state index is 9.94. The summed E-state index contributed by atoms with van der Waals surface area (Å²) in [4.78, 5) is 0. The second-order valence-electron chi connectivity index (χ2n) is 5.01. The molecule has 3 aromatic rings. The number of hydrogen-bond donors (Lipinski definition) is 7. The van der Waals surface area contributed by atoms with Gasteiger partial charge in [-0.05, 0) is 35.4 Å². The Labute approximate surface area is 129 Å². The molecule has 0 bridgehead atoms. The van der Waals surface area contributed by atoms with Crippen LogP contribution in [0.1, 0.15) is 0 Å². The van der Waals surface area contributed by atoms with Crippen molar-refractivity contribution >= 4 is 10.8 Å². The van der Waals surface area contributed by atoms with Crippen LogP contribution in [0.2, 0.25) is 0 Å². The quantitative estimate of drug-likeness (QED) is 0.342. The zero-order valence-electron chi connectivity index (χ0n) is 11.5. The first-order chi connectivity index (χ1) is 10.8. The number of phenols is 7. The molecule has 0 amide bonds. The van der Waals surface area contributed by atoms with Crippen molar-refractivity contribution in [2.75, 3.05) is 0 Å². The predicted octanol–water partition coefficient (Wildman–Crippen LogP) is 2.45. The van der Waals surface area contributed by atoms with E-state index >= 15 is 0 Å². The molecule has 3 aromatic carbocycles. The summed E-state index contributed by atoms with van der Waals surface area (Å²) in [7, 11) is 0. The van der Waals surface area contributed by atoms with Gasteiger partial charge in [0.25, 0.3) is 0 Å². The van der Waals surface area contributed by atoms with E-state index in [9.17, 15) is 35.7 Å². The van der Waals surface area contributed by atoms with E-state index in [1.807, 2.05) is 0 Å². The Morgan fingerprint density at radius 2 is 1.09 bits per heavy atom. The third-order valence-electron chi connectivity index (χ3n) is 3.59. The molecule has 0 aliphatic rings. The molecular weight excluding hydrogens is 304 g/mol. The van der Waals surface area contributed by atoms with Gasteiger partial charge in [-0.15, -0.1) is 0 Å². The predicted molar refractivity (Wildman–Crippen MR) is 81.0 cm³/mol. The summed E-state index contributed by atoms with van der Waals surface area (Å²) < 4.78 is 0. The van der Waals surface area contributed by atoms with Crippen LogP contribution >= 0.6 is 0 Å². The molecule has 3 rings (SSSR count). The van der Waals surface area contributed by atoms with Crippen LogP contribution in [0.4, 0.5) is 0 Å². The maximum absolute atomic E-state index is 9.94. The highest BCUT2D eigenvalue weighted by molar-refractivity contribution is 6.05. The molecule has 0 aliphatic carbocycles. The Morgan fingerprint density at radius 1 is 0.522 bits per heavy atom. The minimum atomic E-state index is -0.777. The molecule has 0 heterocycles. The average Bonchev–Trinajstić information content (AvgIpc) is 2.50. The summed E-state index contributed by atoms with van der Waals surface area (Å²) in [5.41, 5.74) is 0.585. The number of aromatic hydroxyl groups is 7. The SMILES string of the molecule is Oc1cc(-c2ccc(O)c3c(O)c(O)c(O)cc23)cc(O)c1O. The maximum Gasteiger partial charge on any atom is 0.201 e. The van der Waals surface area contributed by atoms with Crippen LogP contribution in [0.25, 0.3) is 21.9 Å². The third-order valence-corrected chi connectivity index (χ3v) is 3.59. The Bertz CT molecular complexity index is 924. The summed E-state index contributed by atoms with van der Waals surface area (Å²) in [5.74, 6) is -4.21. The van der Waals surface area contributed by atoms with E-state index in [4.69, 9.17) is 0 Å². The zero-order chi connectivity index (χ0) is 16.9. The first-order valence-corrected chi connectivity index (χ1v) is 6.46. The summed E-state index contributed by atoms with van der Waals surface area (Å²) in [6.07, 6.45) is 0. The smallest absolute Gasteiger partial charge is 0.201 e. The highest BCUT2D eigenvalue weighted by Crippen LogP contribution is 2.48. The molecule has 0 aliphatic heterocycles. The summed E-state index contributed by atoms with van der Waals surface area (Å²) in [5, 5.41) is 67.8. The lowest BCUT2D eigenvalue weighted by Crippen LogP contribution is -1.85. The third kappa shape index (κ3) is 2.06. The van der Waals surface area contributed by atoms with Crippen LogP contribution in [0.3, 0.4) is 0 Å². The Morgan fingerprint density at radius 3 is 1.70 bits per heavy atom. The van der Waals surface area contributed by atoms with Gasteiger partial charge in [0, 0.05) is 5.39 Å². The van der Waals surface area contributed by atoms with Crippen molar-refractivity contribution in [1.82, 2.24) is 0 Å². The lowest BCUT2D eigenvalue weighted by atomic mass is 9.96. The van der Waals surface area contributed by atoms with Crippen LogP contribution in [0.15, 0.2) is 30.3 Å². The molecule has 118 valence electrons. The molecule has 7 N–H and O–H groups in total. The fraction of sp³-hybridized carbons (Fsp3) is 0. The van der Waals surface area contributed by atoms with Crippen LogP contribution < -0.4 is 0 Å². The number of hydrogen-bond acceptors (Lipinski definition) is 7. The highest BCUT2D eigenvalue weighted by Gasteiger charge is 2.19. The fourth-order valence-electron chi connectivity index (χ4n) is 2.46. The van der Waals surface area contributed by atoms with Crippen LogP contribution in [-0.2, 0) is 0 Å². The molecule has 0 saturated carbocycles. The monoisotopic (exact) mass is 316 g/mol. The van der Waals surface area contributed by atoms with E-state index < -0.39 is 34.5 Å². The van der Waals surface area contributed by atoms with E-state index in [0.717, 1.165) is 6.07 Å².